The molecule has 2 atom stereocenters. The number of unbranched alkanes of at least 4 members (excludes halogenated alkanes) is 1. The van der Waals surface area contributed by atoms with Crippen LogP contribution < -0.4 is 5.32 Å². The molecule has 0 radical (unpaired) electrons. The van der Waals surface area contributed by atoms with E-state index in [1.54, 1.807) is 0 Å². The lowest BCUT2D eigenvalue weighted by Gasteiger charge is -2.28. The van der Waals surface area contributed by atoms with Crippen molar-refractivity contribution in [3.8, 4) is 0 Å². The minimum Gasteiger partial charge on any atom is -0.465 e. The van der Waals surface area contributed by atoms with E-state index in [0.717, 1.165) is 38.8 Å². The molecule has 0 aliphatic carbocycles. The van der Waals surface area contributed by atoms with E-state index in [0.29, 0.717) is 18.6 Å². The van der Waals surface area contributed by atoms with Crippen LogP contribution >= 0.6 is 0 Å². The number of rotatable bonds is 12. The Kier molecular flexibility index (Phi) is 10.7. The summed E-state index contributed by atoms with van der Waals surface area (Å²) in [5, 5.41) is 3.25. The Labute approximate surface area is 131 Å². The van der Waals surface area contributed by atoms with Crippen molar-refractivity contribution >= 4 is 5.97 Å². The van der Waals surface area contributed by atoms with Crippen LogP contribution in [-0.4, -0.2) is 37.4 Å². The van der Waals surface area contributed by atoms with E-state index in [-0.39, 0.29) is 5.97 Å². The first-order valence-corrected chi connectivity index (χ1v) is 8.39. The number of ether oxygens (including phenoxy) is 2. The normalized spacial score (nSPS) is 15.8. The summed E-state index contributed by atoms with van der Waals surface area (Å²) in [4.78, 5) is 12.0. The van der Waals surface area contributed by atoms with Crippen molar-refractivity contribution in [2.75, 3.05) is 19.8 Å². The van der Waals surface area contributed by atoms with Gasteiger partial charge in [0.05, 0.1) is 12.7 Å². The van der Waals surface area contributed by atoms with Gasteiger partial charge < -0.3 is 14.8 Å². The lowest BCUT2D eigenvalue weighted by atomic mass is 9.95. The lowest BCUT2D eigenvalue weighted by Crippen LogP contribution is -2.50. The molecule has 0 heterocycles. The van der Waals surface area contributed by atoms with Gasteiger partial charge >= 0.3 is 5.97 Å². The zero-order valence-corrected chi connectivity index (χ0v) is 14.8. The average Bonchev–Trinajstić information content (AvgIpc) is 2.38. The van der Waals surface area contributed by atoms with Crippen molar-refractivity contribution in [3.05, 3.63) is 0 Å². The fraction of sp³-hybridized carbons (Fsp3) is 0.941. The van der Waals surface area contributed by atoms with E-state index in [2.05, 4.69) is 26.1 Å². The van der Waals surface area contributed by atoms with Crippen LogP contribution in [0.2, 0.25) is 0 Å². The van der Waals surface area contributed by atoms with Gasteiger partial charge in [0, 0.05) is 6.61 Å². The maximum absolute atomic E-state index is 12.0. The van der Waals surface area contributed by atoms with Gasteiger partial charge in [0.1, 0.15) is 5.54 Å². The number of esters is 1. The molecule has 21 heavy (non-hydrogen) atoms. The molecule has 0 aliphatic rings. The molecular weight excluding hydrogens is 266 g/mol. The summed E-state index contributed by atoms with van der Waals surface area (Å²) in [6.07, 6.45) is 4.12. The zero-order chi connectivity index (χ0) is 16.3. The van der Waals surface area contributed by atoms with Gasteiger partial charge in [-0.1, -0.05) is 20.8 Å². The topological polar surface area (TPSA) is 47.6 Å². The van der Waals surface area contributed by atoms with Gasteiger partial charge in [0.15, 0.2) is 0 Å². The number of nitrogens with one attached hydrogen (secondary N) is 1. The monoisotopic (exact) mass is 301 g/mol. The van der Waals surface area contributed by atoms with Gasteiger partial charge in [-0.3, -0.25) is 4.79 Å². The third-order valence-electron chi connectivity index (χ3n) is 3.57. The summed E-state index contributed by atoms with van der Waals surface area (Å²) in [5.41, 5.74) is -0.575. The number of hydrogen-bond donors (Lipinski definition) is 1. The molecule has 4 heteroatoms. The Hall–Kier alpha value is -0.610. The summed E-state index contributed by atoms with van der Waals surface area (Å²) < 4.78 is 11.0. The van der Waals surface area contributed by atoms with Gasteiger partial charge in [0.25, 0.3) is 0 Å². The molecule has 0 aromatic heterocycles. The second kappa shape index (κ2) is 11.0. The van der Waals surface area contributed by atoms with Crippen molar-refractivity contribution in [3.63, 3.8) is 0 Å². The minimum atomic E-state index is -0.575. The van der Waals surface area contributed by atoms with Crippen molar-refractivity contribution in [2.45, 2.75) is 78.9 Å². The van der Waals surface area contributed by atoms with E-state index in [4.69, 9.17) is 9.47 Å². The molecule has 0 rings (SSSR count). The Balaban J connectivity index is 4.01. The predicted octanol–water partition coefficient (Wildman–Crippen LogP) is 3.54. The molecule has 0 spiro atoms. The Morgan fingerprint density at radius 3 is 2.38 bits per heavy atom. The van der Waals surface area contributed by atoms with Crippen LogP contribution in [0, 0.1) is 5.92 Å². The third-order valence-corrected chi connectivity index (χ3v) is 3.57. The summed E-state index contributed by atoms with van der Waals surface area (Å²) in [6.45, 7) is 14.3. The Morgan fingerprint density at radius 2 is 1.86 bits per heavy atom. The van der Waals surface area contributed by atoms with Gasteiger partial charge in [-0.05, 0) is 58.9 Å². The molecule has 0 bridgehead atoms. The van der Waals surface area contributed by atoms with Crippen LogP contribution in [-0.2, 0) is 14.3 Å². The van der Waals surface area contributed by atoms with Gasteiger partial charge in [0.2, 0.25) is 0 Å². The maximum Gasteiger partial charge on any atom is 0.326 e. The van der Waals surface area contributed by atoms with Crippen LogP contribution in [0.5, 0.6) is 0 Å². The maximum atomic E-state index is 12.0. The predicted molar refractivity (Wildman–Crippen MR) is 87.4 cm³/mol. The minimum absolute atomic E-state index is 0.152. The fourth-order valence-corrected chi connectivity index (χ4v) is 2.54. The molecule has 2 unspecified atom stereocenters. The number of carbonyl (C=O) groups excluding carboxylic acids is 1. The molecule has 0 aromatic carbocycles. The third kappa shape index (κ3) is 9.10. The van der Waals surface area contributed by atoms with E-state index < -0.39 is 5.54 Å². The highest BCUT2D eigenvalue weighted by Crippen LogP contribution is 2.17. The van der Waals surface area contributed by atoms with E-state index in [1.807, 2.05) is 20.8 Å². The molecule has 0 saturated carbocycles. The van der Waals surface area contributed by atoms with E-state index in [9.17, 15) is 4.79 Å². The highest BCUT2D eigenvalue weighted by Gasteiger charge is 2.32. The van der Waals surface area contributed by atoms with Crippen molar-refractivity contribution in [2.24, 2.45) is 5.92 Å². The van der Waals surface area contributed by atoms with Crippen LogP contribution in [0.3, 0.4) is 0 Å². The molecule has 126 valence electrons. The van der Waals surface area contributed by atoms with Crippen LogP contribution in [0.15, 0.2) is 0 Å². The quantitative estimate of drug-likeness (QED) is 0.442. The summed E-state index contributed by atoms with van der Waals surface area (Å²) in [7, 11) is 0. The summed E-state index contributed by atoms with van der Waals surface area (Å²) >= 11 is 0. The van der Waals surface area contributed by atoms with E-state index in [1.165, 1.54) is 0 Å². The highest BCUT2D eigenvalue weighted by molar-refractivity contribution is 5.80. The summed E-state index contributed by atoms with van der Waals surface area (Å²) in [5.74, 6) is 0.516. The molecule has 1 N–H and O–H groups in total. The first kappa shape index (κ1) is 20.4. The second-order valence-corrected chi connectivity index (χ2v) is 6.35. The Bertz CT molecular complexity index is 281. The lowest BCUT2D eigenvalue weighted by molar-refractivity contribution is -0.150. The first-order valence-electron chi connectivity index (χ1n) is 8.39. The van der Waals surface area contributed by atoms with Gasteiger partial charge in [-0.15, -0.1) is 0 Å². The van der Waals surface area contributed by atoms with Crippen molar-refractivity contribution in [1.29, 1.82) is 0 Å². The van der Waals surface area contributed by atoms with Crippen molar-refractivity contribution < 1.29 is 14.3 Å². The first-order chi connectivity index (χ1) is 9.85. The Morgan fingerprint density at radius 1 is 1.19 bits per heavy atom. The molecule has 0 aromatic rings. The van der Waals surface area contributed by atoms with Crippen LogP contribution in [0.1, 0.15) is 67.2 Å². The molecular formula is C17H35NO3. The van der Waals surface area contributed by atoms with Crippen LogP contribution in [0.25, 0.3) is 0 Å². The largest absolute Gasteiger partial charge is 0.465 e. The smallest absolute Gasteiger partial charge is 0.326 e. The zero-order valence-electron chi connectivity index (χ0n) is 14.8. The molecule has 0 aliphatic heterocycles. The molecule has 0 amide bonds. The summed E-state index contributed by atoms with van der Waals surface area (Å²) in [6, 6.07) is 0. The SMILES string of the molecule is CCNC(C)(CCCCOC(C)CC(C)C)C(=O)OCC. The molecule has 0 fully saturated rings. The van der Waals surface area contributed by atoms with Gasteiger partial charge in [-0.2, -0.15) is 0 Å². The highest BCUT2D eigenvalue weighted by atomic mass is 16.5. The van der Waals surface area contributed by atoms with Crippen molar-refractivity contribution in [1.82, 2.24) is 5.32 Å². The van der Waals surface area contributed by atoms with Crippen LogP contribution in [0.4, 0.5) is 0 Å². The number of carbonyl (C=O) groups is 1. The fourth-order valence-electron chi connectivity index (χ4n) is 2.54. The molecule has 0 saturated heterocycles. The molecule has 4 nitrogen and oxygen atoms in total. The average molecular weight is 301 g/mol. The van der Waals surface area contributed by atoms with E-state index >= 15 is 0 Å². The number of hydrogen-bond acceptors (Lipinski definition) is 4. The van der Waals surface area contributed by atoms with Gasteiger partial charge in [-0.25, -0.2) is 0 Å². The standard InChI is InChI=1S/C17H35NO3/c1-7-18-17(6,16(19)20-8-2)11-9-10-12-21-15(5)13-14(3)4/h14-15,18H,7-13H2,1-6H3. The second-order valence-electron chi connectivity index (χ2n) is 6.35. The number of likely N-dealkylation sites (N-methyl/N-ethyl adjacent to an activating group) is 1.